The molecule has 106 valence electrons. The van der Waals surface area contributed by atoms with Crippen molar-refractivity contribution in [2.45, 2.75) is 26.7 Å². The van der Waals surface area contributed by atoms with E-state index in [1.807, 2.05) is 38.2 Å². The summed E-state index contributed by atoms with van der Waals surface area (Å²) in [5.41, 5.74) is 4.01. The maximum Gasteiger partial charge on any atom is 0.251 e. The molecule has 0 aliphatic heterocycles. The number of benzene rings is 1. The van der Waals surface area contributed by atoms with E-state index in [-0.39, 0.29) is 5.91 Å². The minimum Gasteiger partial charge on any atom is -0.352 e. The number of H-pyrrole nitrogens is 1. The summed E-state index contributed by atoms with van der Waals surface area (Å²) in [4.78, 5) is 12.1. The minimum absolute atomic E-state index is 0.0149. The number of amides is 1. The number of carbonyl (C=O) groups is 1. The molecule has 2 N–H and O–H groups in total. The summed E-state index contributed by atoms with van der Waals surface area (Å²) in [7, 11) is 0. The summed E-state index contributed by atoms with van der Waals surface area (Å²) in [6.45, 7) is 4.61. The zero-order valence-electron chi connectivity index (χ0n) is 11.7. The number of rotatable bonds is 5. The smallest absolute Gasteiger partial charge is 0.251 e. The highest BCUT2D eigenvalue weighted by molar-refractivity contribution is 9.10. The molecule has 0 unspecified atom stereocenters. The van der Waals surface area contributed by atoms with Crippen LogP contribution in [0, 0.1) is 13.8 Å². The van der Waals surface area contributed by atoms with Gasteiger partial charge in [-0.15, -0.1) is 0 Å². The van der Waals surface area contributed by atoms with E-state index in [1.54, 1.807) is 0 Å². The van der Waals surface area contributed by atoms with Gasteiger partial charge in [0.15, 0.2) is 0 Å². The van der Waals surface area contributed by atoms with Crippen molar-refractivity contribution in [2.75, 3.05) is 6.54 Å². The average molecular weight is 336 g/mol. The van der Waals surface area contributed by atoms with Crippen LogP contribution in [-0.2, 0) is 6.42 Å². The topological polar surface area (TPSA) is 57.8 Å². The Bertz CT molecular complexity index is 607. The zero-order valence-corrected chi connectivity index (χ0v) is 13.3. The number of carbonyl (C=O) groups excluding carboxylic acids is 1. The Kier molecular flexibility index (Phi) is 4.95. The SMILES string of the molecule is Cc1cc(Br)ccc1C(=O)NCCCc1cn[nH]c1C. The Morgan fingerprint density at radius 2 is 2.20 bits per heavy atom. The van der Waals surface area contributed by atoms with Gasteiger partial charge in [-0.3, -0.25) is 9.89 Å². The van der Waals surface area contributed by atoms with Gasteiger partial charge in [-0.25, -0.2) is 0 Å². The summed E-state index contributed by atoms with van der Waals surface area (Å²) in [6.07, 6.45) is 3.67. The van der Waals surface area contributed by atoms with Crippen LogP contribution in [0.25, 0.3) is 0 Å². The number of aromatic amines is 1. The van der Waals surface area contributed by atoms with Crippen LogP contribution in [0.4, 0.5) is 0 Å². The van der Waals surface area contributed by atoms with Crippen molar-refractivity contribution in [3.63, 3.8) is 0 Å². The zero-order chi connectivity index (χ0) is 14.5. The third-order valence-corrected chi connectivity index (χ3v) is 3.77. The van der Waals surface area contributed by atoms with Gasteiger partial charge in [0, 0.05) is 22.3 Å². The monoisotopic (exact) mass is 335 g/mol. The number of halogens is 1. The van der Waals surface area contributed by atoms with E-state index in [2.05, 4.69) is 31.4 Å². The van der Waals surface area contributed by atoms with Crippen molar-refractivity contribution in [1.82, 2.24) is 15.5 Å². The molecule has 0 aliphatic carbocycles. The second kappa shape index (κ2) is 6.70. The second-order valence-electron chi connectivity index (χ2n) is 4.84. The Hall–Kier alpha value is -1.62. The van der Waals surface area contributed by atoms with Gasteiger partial charge < -0.3 is 5.32 Å². The van der Waals surface area contributed by atoms with Crippen molar-refractivity contribution in [2.24, 2.45) is 0 Å². The highest BCUT2D eigenvalue weighted by Gasteiger charge is 2.08. The van der Waals surface area contributed by atoms with Crippen LogP contribution in [0.2, 0.25) is 0 Å². The number of aromatic nitrogens is 2. The highest BCUT2D eigenvalue weighted by Crippen LogP contribution is 2.15. The number of hydrogen-bond donors (Lipinski definition) is 2. The highest BCUT2D eigenvalue weighted by atomic mass is 79.9. The van der Waals surface area contributed by atoms with E-state index in [1.165, 1.54) is 5.56 Å². The average Bonchev–Trinajstić information content (AvgIpc) is 2.80. The van der Waals surface area contributed by atoms with Crippen molar-refractivity contribution < 1.29 is 4.79 Å². The van der Waals surface area contributed by atoms with E-state index in [0.717, 1.165) is 34.1 Å². The maximum absolute atomic E-state index is 12.1. The van der Waals surface area contributed by atoms with Gasteiger partial charge in [0.1, 0.15) is 0 Å². The molecule has 20 heavy (non-hydrogen) atoms. The predicted octanol–water partition coefficient (Wildman–Crippen LogP) is 3.15. The summed E-state index contributed by atoms with van der Waals surface area (Å²) in [6, 6.07) is 5.68. The summed E-state index contributed by atoms with van der Waals surface area (Å²) >= 11 is 3.40. The first-order valence-electron chi connectivity index (χ1n) is 6.61. The summed E-state index contributed by atoms with van der Waals surface area (Å²) < 4.78 is 0.988. The van der Waals surface area contributed by atoms with Crippen molar-refractivity contribution in [3.8, 4) is 0 Å². The first-order valence-corrected chi connectivity index (χ1v) is 7.40. The number of nitrogens with one attached hydrogen (secondary N) is 2. The summed E-state index contributed by atoms with van der Waals surface area (Å²) in [5.74, 6) is -0.0149. The minimum atomic E-state index is -0.0149. The van der Waals surface area contributed by atoms with Crippen LogP contribution in [-0.4, -0.2) is 22.6 Å². The maximum atomic E-state index is 12.1. The van der Waals surface area contributed by atoms with Crippen molar-refractivity contribution in [3.05, 3.63) is 51.3 Å². The lowest BCUT2D eigenvalue weighted by Gasteiger charge is -2.08. The van der Waals surface area contributed by atoms with Gasteiger partial charge in [-0.05, 0) is 56.0 Å². The predicted molar refractivity (Wildman–Crippen MR) is 82.9 cm³/mol. The van der Waals surface area contributed by atoms with Gasteiger partial charge >= 0.3 is 0 Å². The molecule has 0 spiro atoms. The van der Waals surface area contributed by atoms with E-state index in [0.29, 0.717) is 6.54 Å². The van der Waals surface area contributed by atoms with Crippen molar-refractivity contribution >= 4 is 21.8 Å². The van der Waals surface area contributed by atoms with Gasteiger partial charge in [0.25, 0.3) is 5.91 Å². The van der Waals surface area contributed by atoms with Gasteiger partial charge in [0.2, 0.25) is 0 Å². The molecular weight excluding hydrogens is 318 g/mol. The molecule has 1 heterocycles. The first kappa shape index (κ1) is 14.8. The first-order chi connectivity index (χ1) is 9.58. The van der Waals surface area contributed by atoms with Crippen LogP contribution >= 0.6 is 15.9 Å². The number of aryl methyl sites for hydroxylation is 3. The molecule has 2 rings (SSSR count). The fraction of sp³-hybridized carbons (Fsp3) is 0.333. The fourth-order valence-electron chi connectivity index (χ4n) is 2.09. The third-order valence-electron chi connectivity index (χ3n) is 3.28. The normalized spacial score (nSPS) is 10.6. The molecule has 0 atom stereocenters. The third kappa shape index (κ3) is 3.70. The van der Waals surface area contributed by atoms with E-state index in [4.69, 9.17) is 0 Å². The molecule has 0 fully saturated rings. The lowest BCUT2D eigenvalue weighted by Crippen LogP contribution is -2.25. The molecular formula is C15H18BrN3O. The lowest BCUT2D eigenvalue weighted by molar-refractivity contribution is 0.0952. The fourth-order valence-corrected chi connectivity index (χ4v) is 2.56. The van der Waals surface area contributed by atoms with Crippen LogP contribution in [0.3, 0.4) is 0 Å². The van der Waals surface area contributed by atoms with Gasteiger partial charge in [-0.1, -0.05) is 15.9 Å². The quantitative estimate of drug-likeness (QED) is 0.824. The van der Waals surface area contributed by atoms with Crippen LogP contribution in [0.5, 0.6) is 0 Å². The van der Waals surface area contributed by atoms with Crippen molar-refractivity contribution in [1.29, 1.82) is 0 Å². The molecule has 0 radical (unpaired) electrons. The standard InChI is InChI=1S/C15H18BrN3O/c1-10-8-13(16)5-6-14(10)15(20)17-7-3-4-12-9-18-19-11(12)2/h5-6,8-9H,3-4,7H2,1-2H3,(H,17,20)(H,18,19). The molecule has 0 aliphatic rings. The number of nitrogens with zero attached hydrogens (tertiary/aromatic N) is 1. The summed E-state index contributed by atoms with van der Waals surface area (Å²) in [5, 5.41) is 9.86. The Balaban J connectivity index is 1.82. The lowest BCUT2D eigenvalue weighted by atomic mass is 10.1. The molecule has 1 aromatic carbocycles. The van der Waals surface area contributed by atoms with E-state index < -0.39 is 0 Å². The molecule has 0 saturated carbocycles. The van der Waals surface area contributed by atoms with Crippen LogP contribution < -0.4 is 5.32 Å². The Labute approximate surface area is 127 Å². The molecule has 4 nitrogen and oxygen atoms in total. The molecule has 0 bridgehead atoms. The largest absolute Gasteiger partial charge is 0.352 e. The van der Waals surface area contributed by atoms with Gasteiger partial charge in [0.05, 0.1) is 6.20 Å². The molecule has 0 saturated heterocycles. The van der Waals surface area contributed by atoms with Crippen LogP contribution in [0.15, 0.2) is 28.9 Å². The van der Waals surface area contributed by atoms with E-state index in [9.17, 15) is 4.79 Å². The van der Waals surface area contributed by atoms with Crippen LogP contribution in [0.1, 0.15) is 33.6 Å². The molecule has 2 aromatic rings. The molecule has 1 aromatic heterocycles. The van der Waals surface area contributed by atoms with E-state index >= 15 is 0 Å². The Morgan fingerprint density at radius 3 is 2.85 bits per heavy atom. The molecule has 5 heteroatoms. The second-order valence-corrected chi connectivity index (χ2v) is 5.75. The molecule has 1 amide bonds. The number of hydrogen-bond acceptors (Lipinski definition) is 2. The Morgan fingerprint density at radius 1 is 1.40 bits per heavy atom. The van der Waals surface area contributed by atoms with Gasteiger partial charge in [-0.2, -0.15) is 5.10 Å².